The molecule has 9 aromatic rings. The summed E-state index contributed by atoms with van der Waals surface area (Å²) >= 11 is 0. The second kappa shape index (κ2) is 16.3. The molecule has 3 aliphatic rings. The van der Waals surface area contributed by atoms with Crippen molar-refractivity contribution < 1.29 is 0 Å². The van der Waals surface area contributed by atoms with Gasteiger partial charge < -0.3 is 0 Å². The molecule has 0 fully saturated rings. The molecule has 8 aromatic carbocycles. The summed E-state index contributed by atoms with van der Waals surface area (Å²) in [6, 6.07) is 72.8. The molecule has 3 aliphatic carbocycles. The Morgan fingerprint density at radius 1 is 0.309 bits per heavy atom. The molecular weight excluding hydrogens is 823 g/mol. The maximum atomic E-state index is 4.96. The van der Waals surface area contributed by atoms with E-state index in [1.165, 1.54) is 77.9 Å². The highest BCUT2D eigenvalue weighted by Gasteiger charge is 2.58. The summed E-state index contributed by atoms with van der Waals surface area (Å²) in [7, 11) is 0. The van der Waals surface area contributed by atoms with Crippen LogP contribution in [0.4, 0.5) is 0 Å². The molecule has 0 bridgehead atoms. The van der Waals surface area contributed by atoms with Crippen molar-refractivity contribution in [2.75, 3.05) is 0 Å². The van der Waals surface area contributed by atoms with E-state index in [4.69, 9.17) is 15.0 Å². The lowest BCUT2D eigenvalue weighted by molar-refractivity contribution is 0.612. The van der Waals surface area contributed by atoms with Crippen LogP contribution in [0.15, 0.2) is 247 Å². The highest BCUT2D eigenvalue weighted by Crippen LogP contribution is 2.67. The lowest BCUT2D eigenvalue weighted by Crippen LogP contribution is -2.44. The third-order valence-corrected chi connectivity index (χ3v) is 14.8. The topological polar surface area (TPSA) is 38.7 Å². The summed E-state index contributed by atoms with van der Waals surface area (Å²) in [4.78, 5) is 14.8. The fourth-order valence-electron chi connectivity index (χ4n) is 11.9. The zero-order chi connectivity index (χ0) is 46.0. The number of rotatable bonds is 7. The van der Waals surface area contributed by atoms with Gasteiger partial charge in [0.05, 0.1) is 10.8 Å². The van der Waals surface area contributed by atoms with Crippen molar-refractivity contribution in [1.29, 1.82) is 0 Å². The van der Waals surface area contributed by atoms with Crippen molar-refractivity contribution >= 4 is 0 Å². The molecule has 0 aliphatic heterocycles. The summed E-state index contributed by atoms with van der Waals surface area (Å²) < 4.78 is 0. The SMILES string of the molecule is C/C=C\C1=C(C)C2(C(C)=C1/C=C\C)c1ccccc1C1(c3ccccc3-c3ccccc31)c1ccc(-c3ccc(-c4ccc(-c5nc(-c6ccccc6)nc(-c6ccccc6)n5)cc4)cc3)cc12. The first-order valence-electron chi connectivity index (χ1n) is 23.7. The standard InChI is InChI=1S/C65H49N3/c1-5-19-51-42(3)64(43(4)52(51)20-6-2)57-29-17-18-30-58(57)65(55-27-15-13-25-53(55)54-26-14-16-28-56(54)65)59-40-39-50(41-60(59)64)46-33-31-44(32-34-46)45-35-37-49(38-36-45)63-67-61(47-21-9-7-10-22-47)66-62(68-63)48-23-11-8-12-24-48/h5-41H,1-4H3/b19-5-,20-6-. The van der Waals surface area contributed by atoms with E-state index in [0.717, 1.165) is 27.8 Å². The minimum atomic E-state index is -0.489. The molecule has 68 heavy (non-hydrogen) atoms. The second-order valence-electron chi connectivity index (χ2n) is 18.2. The van der Waals surface area contributed by atoms with Gasteiger partial charge in [0.2, 0.25) is 0 Å². The zero-order valence-corrected chi connectivity index (χ0v) is 38.7. The molecule has 1 heterocycles. The van der Waals surface area contributed by atoms with Crippen molar-refractivity contribution in [1.82, 2.24) is 15.0 Å². The summed E-state index contributed by atoms with van der Waals surface area (Å²) in [6.07, 6.45) is 9.02. The second-order valence-corrected chi connectivity index (χ2v) is 18.2. The van der Waals surface area contributed by atoms with Gasteiger partial charge in [-0.15, -0.1) is 0 Å². The van der Waals surface area contributed by atoms with Gasteiger partial charge >= 0.3 is 0 Å². The number of nitrogens with zero attached hydrogens (tertiary/aromatic N) is 3. The van der Waals surface area contributed by atoms with Crippen molar-refractivity contribution in [3.05, 3.63) is 280 Å². The number of hydrogen-bond donors (Lipinski definition) is 0. The first kappa shape index (κ1) is 41.2. The molecule has 0 amide bonds. The van der Waals surface area contributed by atoms with Gasteiger partial charge in [-0.05, 0) is 123 Å². The van der Waals surface area contributed by atoms with Gasteiger partial charge in [0, 0.05) is 16.7 Å². The van der Waals surface area contributed by atoms with Gasteiger partial charge in [-0.3, -0.25) is 0 Å². The molecule has 12 rings (SSSR count). The fourth-order valence-corrected chi connectivity index (χ4v) is 11.9. The van der Waals surface area contributed by atoms with Crippen LogP contribution in [0, 0.1) is 0 Å². The van der Waals surface area contributed by atoms with Gasteiger partial charge in [-0.1, -0.05) is 218 Å². The minimum Gasteiger partial charge on any atom is -0.208 e. The predicted molar refractivity (Wildman–Crippen MR) is 280 cm³/mol. The Bertz CT molecular complexity index is 3440. The summed E-state index contributed by atoms with van der Waals surface area (Å²) in [5.74, 6) is 1.95. The summed E-state index contributed by atoms with van der Waals surface area (Å²) in [6.45, 7) is 9.02. The van der Waals surface area contributed by atoms with Crippen LogP contribution in [0.3, 0.4) is 0 Å². The van der Waals surface area contributed by atoms with Crippen LogP contribution in [-0.4, -0.2) is 15.0 Å². The van der Waals surface area contributed by atoms with Crippen LogP contribution < -0.4 is 0 Å². The third-order valence-electron chi connectivity index (χ3n) is 14.8. The Morgan fingerprint density at radius 3 is 1.10 bits per heavy atom. The first-order valence-corrected chi connectivity index (χ1v) is 23.7. The van der Waals surface area contributed by atoms with Crippen molar-refractivity contribution in [2.45, 2.75) is 38.5 Å². The van der Waals surface area contributed by atoms with Crippen LogP contribution in [0.2, 0.25) is 0 Å². The van der Waals surface area contributed by atoms with E-state index in [0.29, 0.717) is 17.5 Å². The average Bonchev–Trinajstić information content (AvgIpc) is 3.81. The molecular formula is C65H49N3. The Balaban J connectivity index is 0.986. The van der Waals surface area contributed by atoms with Crippen LogP contribution in [0.25, 0.3) is 67.5 Å². The van der Waals surface area contributed by atoms with Gasteiger partial charge in [0.1, 0.15) is 0 Å². The molecule has 0 saturated carbocycles. The normalized spacial score (nSPS) is 15.1. The van der Waals surface area contributed by atoms with E-state index in [9.17, 15) is 0 Å². The Kier molecular flexibility index (Phi) is 9.84. The van der Waals surface area contributed by atoms with E-state index in [1.807, 2.05) is 60.7 Å². The van der Waals surface area contributed by atoms with Gasteiger partial charge in [0.25, 0.3) is 0 Å². The smallest absolute Gasteiger partial charge is 0.164 e. The Labute approximate surface area is 399 Å². The summed E-state index contributed by atoms with van der Waals surface area (Å²) in [5.41, 5.74) is 22.6. The van der Waals surface area contributed by atoms with Crippen LogP contribution in [-0.2, 0) is 10.8 Å². The molecule has 0 unspecified atom stereocenters. The third kappa shape index (κ3) is 6.02. The Morgan fingerprint density at radius 2 is 0.647 bits per heavy atom. The van der Waals surface area contributed by atoms with Crippen molar-refractivity contribution in [3.63, 3.8) is 0 Å². The maximum absolute atomic E-state index is 4.96. The largest absolute Gasteiger partial charge is 0.208 e. The molecule has 3 nitrogen and oxygen atoms in total. The maximum Gasteiger partial charge on any atom is 0.164 e. The van der Waals surface area contributed by atoms with Gasteiger partial charge in [0.15, 0.2) is 17.5 Å². The predicted octanol–water partition coefficient (Wildman–Crippen LogP) is 16.0. The number of fused-ring (bicyclic) bond motifs is 11. The average molecular weight is 872 g/mol. The van der Waals surface area contributed by atoms with Crippen molar-refractivity contribution in [3.8, 4) is 67.5 Å². The molecule has 324 valence electrons. The zero-order valence-electron chi connectivity index (χ0n) is 38.7. The fraction of sp³-hybridized carbons (Fsp3) is 0.0923. The molecule has 3 heteroatoms. The van der Waals surface area contributed by atoms with Gasteiger partial charge in [-0.2, -0.15) is 0 Å². The van der Waals surface area contributed by atoms with Crippen LogP contribution >= 0.6 is 0 Å². The van der Waals surface area contributed by atoms with E-state index in [1.54, 1.807) is 0 Å². The quantitative estimate of drug-likeness (QED) is 0.160. The summed E-state index contributed by atoms with van der Waals surface area (Å²) in [5, 5.41) is 0. The van der Waals surface area contributed by atoms with Gasteiger partial charge in [-0.25, -0.2) is 15.0 Å². The first-order chi connectivity index (χ1) is 33.5. The lowest BCUT2D eigenvalue weighted by Gasteiger charge is -2.49. The van der Waals surface area contributed by atoms with Crippen LogP contribution in [0.5, 0.6) is 0 Å². The van der Waals surface area contributed by atoms with Crippen LogP contribution in [0.1, 0.15) is 61.1 Å². The molecule has 2 spiro atoms. The molecule has 0 saturated heterocycles. The molecule has 0 atom stereocenters. The molecule has 1 aromatic heterocycles. The minimum absolute atomic E-state index is 0.479. The Hall–Kier alpha value is -8.27. The monoisotopic (exact) mass is 871 g/mol. The molecule has 0 radical (unpaired) electrons. The number of benzene rings is 8. The number of allylic oxidation sites excluding steroid dienone is 8. The highest BCUT2D eigenvalue weighted by molar-refractivity contribution is 5.91. The van der Waals surface area contributed by atoms with E-state index < -0.39 is 10.8 Å². The van der Waals surface area contributed by atoms with Crippen molar-refractivity contribution in [2.24, 2.45) is 0 Å². The molecule has 0 N–H and O–H groups in total. The highest BCUT2D eigenvalue weighted by atomic mass is 15.0. The van der Waals surface area contributed by atoms with E-state index in [-0.39, 0.29) is 0 Å². The number of hydrogen-bond acceptors (Lipinski definition) is 3. The van der Waals surface area contributed by atoms with E-state index >= 15 is 0 Å². The van der Waals surface area contributed by atoms with E-state index in [2.05, 4.69) is 192 Å². The lowest BCUT2D eigenvalue weighted by atomic mass is 9.52. The number of aromatic nitrogens is 3.